The van der Waals surface area contributed by atoms with Crippen LogP contribution in [0.1, 0.15) is 0 Å². The first-order valence-corrected chi connectivity index (χ1v) is 7.07. The molecule has 0 atom stereocenters. The van der Waals surface area contributed by atoms with Crippen molar-refractivity contribution in [3.8, 4) is 0 Å². The second-order valence-electron chi connectivity index (χ2n) is 3.97. The molecule has 0 aliphatic carbocycles. The molecule has 118 valence electrons. The molecule has 13 heteroatoms. The first kappa shape index (κ1) is 15.6. The summed E-state index contributed by atoms with van der Waals surface area (Å²) in [4.78, 5) is 28.6. The highest BCUT2D eigenvalue weighted by Gasteiger charge is 2.06. The number of hydrogen-bond acceptors (Lipinski definition) is 8. The van der Waals surface area contributed by atoms with Gasteiger partial charge in [0, 0.05) is 0 Å². The molecule has 4 rings (SSSR count). The molecule has 0 amide bonds. The van der Waals surface area contributed by atoms with E-state index in [2.05, 4.69) is 45.3 Å². The Bertz CT molecular complexity index is 964. The number of aromatic amines is 2. The van der Waals surface area contributed by atoms with Gasteiger partial charge in [0.1, 0.15) is 11.0 Å². The number of imidazole rings is 2. The lowest BCUT2D eigenvalue weighted by atomic mass is 10.5. The van der Waals surface area contributed by atoms with Gasteiger partial charge in [-0.3, -0.25) is 0 Å². The van der Waals surface area contributed by atoms with Crippen LogP contribution in [-0.4, -0.2) is 39.9 Å². The first-order valence-electron chi connectivity index (χ1n) is 5.94. The summed E-state index contributed by atoms with van der Waals surface area (Å²) in [7, 11) is 0. The van der Waals surface area contributed by atoms with E-state index in [-0.39, 0.29) is 15.7 Å². The topological polar surface area (TPSA) is 147 Å². The molecule has 5 N–H and O–H groups in total. The van der Waals surface area contributed by atoms with E-state index in [0.717, 1.165) is 0 Å². The van der Waals surface area contributed by atoms with Crippen molar-refractivity contribution in [2.75, 3.05) is 5.43 Å². The number of hydrogen-bond donors (Lipinski definition) is 4. The summed E-state index contributed by atoms with van der Waals surface area (Å²) in [6, 6.07) is 0. The maximum Gasteiger partial charge on any atom is 0.226 e. The molecule has 0 aliphatic rings. The molecule has 23 heavy (non-hydrogen) atoms. The van der Waals surface area contributed by atoms with Crippen LogP contribution in [0, 0.1) is 0 Å². The van der Waals surface area contributed by atoms with Crippen LogP contribution in [0.2, 0.25) is 15.7 Å². The Kier molecular flexibility index (Phi) is 4.39. The van der Waals surface area contributed by atoms with Crippen LogP contribution in [0.3, 0.4) is 0 Å². The largest absolute Gasteiger partial charge is 0.341 e. The summed E-state index contributed by atoms with van der Waals surface area (Å²) >= 11 is 16.8. The fourth-order valence-corrected chi connectivity index (χ4v) is 2.28. The van der Waals surface area contributed by atoms with Gasteiger partial charge >= 0.3 is 0 Å². The third-order valence-corrected chi connectivity index (χ3v) is 3.22. The predicted molar refractivity (Wildman–Crippen MR) is 86.2 cm³/mol. The maximum absolute atomic E-state index is 5.70. The quantitative estimate of drug-likeness (QED) is 0.171. The Morgan fingerprint density at radius 3 is 2.04 bits per heavy atom. The van der Waals surface area contributed by atoms with Gasteiger partial charge in [-0.05, 0) is 23.2 Å². The smallest absolute Gasteiger partial charge is 0.226 e. The third kappa shape index (κ3) is 3.24. The van der Waals surface area contributed by atoms with Crippen molar-refractivity contribution in [3.05, 3.63) is 28.4 Å². The normalized spacial score (nSPS) is 10.6. The molecule has 10 nitrogen and oxygen atoms in total. The fourth-order valence-electron chi connectivity index (χ4n) is 1.68. The maximum atomic E-state index is 5.70. The van der Waals surface area contributed by atoms with Crippen LogP contribution in [-0.2, 0) is 0 Å². The van der Waals surface area contributed by atoms with Crippen molar-refractivity contribution in [1.82, 2.24) is 39.9 Å². The van der Waals surface area contributed by atoms with Gasteiger partial charge in [-0.15, -0.1) is 0 Å². The van der Waals surface area contributed by atoms with E-state index < -0.39 is 0 Å². The van der Waals surface area contributed by atoms with E-state index in [4.69, 9.17) is 40.6 Å². The number of rotatable bonds is 1. The summed E-state index contributed by atoms with van der Waals surface area (Å²) in [5.41, 5.74) is 4.61. The zero-order valence-electron chi connectivity index (χ0n) is 11.0. The summed E-state index contributed by atoms with van der Waals surface area (Å²) < 4.78 is 0. The molecule has 0 spiro atoms. The number of nitrogens with one attached hydrogen (secondary N) is 3. The number of anilines is 1. The third-order valence-electron chi connectivity index (χ3n) is 2.61. The zero-order valence-corrected chi connectivity index (χ0v) is 13.3. The summed E-state index contributed by atoms with van der Waals surface area (Å²) in [6.45, 7) is 0. The van der Waals surface area contributed by atoms with Gasteiger partial charge in [-0.2, -0.15) is 15.0 Å². The number of hydrazine groups is 1. The highest BCUT2D eigenvalue weighted by Crippen LogP contribution is 2.18. The lowest BCUT2D eigenvalue weighted by molar-refractivity contribution is 1.17. The van der Waals surface area contributed by atoms with Crippen LogP contribution in [0.25, 0.3) is 22.3 Å². The Morgan fingerprint density at radius 2 is 1.39 bits per heavy atom. The minimum absolute atomic E-state index is 0.106. The minimum Gasteiger partial charge on any atom is -0.341 e. The number of nitrogens with two attached hydrogens (primary N) is 1. The second kappa shape index (κ2) is 6.46. The molecular weight excluding hydrogens is 367 g/mol. The molecule has 4 heterocycles. The van der Waals surface area contributed by atoms with E-state index in [0.29, 0.717) is 28.1 Å². The Balaban J connectivity index is 0.000000136. The average Bonchev–Trinajstić information content (AvgIpc) is 3.15. The van der Waals surface area contributed by atoms with Crippen molar-refractivity contribution in [3.63, 3.8) is 0 Å². The van der Waals surface area contributed by atoms with Crippen molar-refractivity contribution < 1.29 is 0 Å². The summed E-state index contributed by atoms with van der Waals surface area (Å²) in [6.07, 6.45) is 2.98. The fraction of sp³-hybridized carbons (Fsp3) is 0. The van der Waals surface area contributed by atoms with E-state index >= 15 is 0 Å². The monoisotopic (exact) mass is 372 g/mol. The Hall–Kier alpha value is -2.27. The predicted octanol–water partition coefficient (Wildman–Crippen LogP) is 1.95. The number of nitrogens with zero attached hydrogens (tertiary/aromatic N) is 6. The van der Waals surface area contributed by atoms with E-state index in [1.54, 1.807) is 0 Å². The number of nitrogen functional groups attached to an aromatic ring is 1. The summed E-state index contributed by atoms with van der Waals surface area (Å²) in [5, 5.41) is 0.509. The van der Waals surface area contributed by atoms with Crippen LogP contribution in [0.5, 0.6) is 0 Å². The molecule has 0 saturated carbocycles. The van der Waals surface area contributed by atoms with Gasteiger partial charge in [0.25, 0.3) is 0 Å². The molecule has 4 aromatic rings. The number of H-pyrrole nitrogens is 2. The number of aromatic nitrogens is 8. The van der Waals surface area contributed by atoms with Gasteiger partial charge in [0.15, 0.2) is 22.3 Å². The molecular formula is C10H7Cl3N10. The Morgan fingerprint density at radius 1 is 0.826 bits per heavy atom. The molecule has 0 aromatic carbocycles. The number of fused-ring (bicyclic) bond motifs is 2. The molecule has 0 aliphatic heterocycles. The molecule has 4 aromatic heterocycles. The van der Waals surface area contributed by atoms with Crippen molar-refractivity contribution in [1.29, 1.82) is 0 Å². The Labute approximate surface area is 142 Å². The van der Waals surface area contributed by atoms with Gasteiger partial charge in [0.05, 0.1) is 12.7 Å². The average molecular weight is 374 g/mol. The van der Waals surface area contributed by atoms with E-state index in [1.165, 1.54) is 12.7 Å². The second-order valence-corrected chi connectivity index (χ2v) is 5.01. The van der Waals surface area contributed by atoms with Crippen LogP contribution in [0.15, 0.2) is 12.7 Å². The highest BCUT2D eigenvalue weighted by molar-refractivity contribution is 6.35. The van der Waals surface area contributed by atoms with E-state index in [9.17, 15) is 0 Å². The van der Waals surface area contributed by atoms with Crippen LogP contribution in [0.4, 0.5) is 5.82 Å². The zero-order chi connectivity index (χ0) is 16.4. The van der Waals surface area contributed by atoms with Gasteiger partial charge in [-0.25, -0.2) is 20.8 Å². The van der Waals surface area contributed by atoms with Gasteiger partial charge < -0.3 is 15.4 Å². The summed E-state index contributed by atoms with van der Waals surface area (Å²) in [5.74, 6) is 5.63. The number of halogens is 3. The SMILES string of the molecule is Clc1nc(Cl)c2[nH]cnc2n1.NNc1nc(Cl)nc2nc[nH]c12. The molecule has 0 radical (unpaired) electrons. The lowest BCUT2D eigenvalue weighted by Crippen LogP contribution is -2.09. The lowest BCUT2D eigenvalue weighted by Gasteiger charge is -1.98. The van der Waals surface area contributed by atoms with Crippen LogP contribution < -0.4 is 11.3 Å². The molecule has 0 saturated heterocycles. The van der Waals surface area contributed by atoms with Crippen molar-refractivity contribution >= 4 is 62.9 Å². The molecule has 0 bridgehead atoms. The van der Waals surface area contributed by atoms with Crippen LogP contribution >= 0.6 is 34.8 Å². The van der Waals surface area contributed by atoms with E-state index in [1.807, 2.05) is 0 Å². The van der Waals surface area contributed by atoms with Crippen molar-refractivity contribution in [2.45, 2.75) is 0 Å². The minimum atomic E-state index is 0.106. The molecule has 0 fully saturated rings. The van der Waals surface area contributed by atoms with Gasteiger partial charge in [-0.1, -0.05) is 11.6 Å². The molecule has 0 unspecified atom stereocenters. The van der Waals surface area contributed by atoms with Gasteiger partial charge in [0.2, 0.25) is 10.6 Å². The van der Waals surface area contributed by atoms with Crippen molar-refractivity contribution in [2.24, 2.45) is 5.84 Å². The standard InChI is InChI=1S/C5H2Cl2N4.C5H5ClN6/c6-3-2-4(9-1-8-2)11-5(7)10-3;6-5-10-3-2(8-1-9-3)4(11-5)12-7/h1H,(H,8,9,10,11);1H,7H2,(H2,8,9,10,11,12). The highest BCUT2D eigenvalue weighted by atomic mass is 35.5. The first-order chi connectivity index (χ1) is 11.1.